The van der Waals surface area contributed by atoms with E-state index < -0.39 is 11.4 Å². The molecular formula is C15H20FNO3. The van der Waals surface area contributed by atoms with Crippen LogP contribution in [0.15, 0.2) is 24.3 Å². The van der Waals surface area contributed by atoms with E-state index in [9.17, 15) is 14.3 Å². The molecule has 4 nitrogen and oxygen atoms in total. The molecule has 5 heteroatoms. The van der Waals surface area contributed by atoms with Crippen molar-refractivity contribution in [2.24, 2.45) is 0 Å². The van der Waals surface area contributed by atoms with E-state index in [2.05, 4.69) is 0 Å². The van der Waals surface area contributed by atoms with Crippen molar-refractivity contribution in [1.82, 2.24) is 4.90 Å². The summed E-state index contributed by atoms with van der Waals surface area (Å²) in [5.74, 6) is -0.301. The average Bonchev–Trinajstić information content (AvgIpc) is 2.82. The number of carbonyl (C=O) groups excluding carboxylic acids is 1. The van der Waals surface area contributed by atoms with Gasteiger partial charge in [-0.05, 0) is 25.0 Å². The van der Waals surface area contributed by atoms with Gasteiger partial charge < -0.3 is 14.7 Å². The molecule has 1 saturated carbocycles. The zero-order chi connectivity index (χ0) is 14.6. The third-order valence-corrected chi connectivity index (χ3v) is 3.65. The van der Waals surface area contributed by atoms with Crippen molar-refractivity contribution in [3.63, 3.8) is 0 Å². The zero-order valence-corrected chi connectivity index (χ0v) is 11.6. The number of hydrogen-bond donors (Lipinski definition) is 1. The molecule has 0 saturated heterocycles. The van der Waals surface area contributed by atoms with E-state index in [0.29, 0.717) is 12.3 Å². The zero-order valence-electron chi connectivity index (χ0n) is 11.6. The Morgan fingerprint density at radius 2 is 2.15 bits per heavy atom. The molecule has 1 aromatic carbocycles. The quantitative estimate of drug-likeness (QED) is 0.897. The normalized spacial score (nSPS) is 16.9. The number of likely N-dealkylation sites (N-methyl/N-ethyl adjacent to an activating group) is 1. The van der Waals surface area contributed by atoms with Gasteiger partial charge in [-0.3, -0.25) is 4.79 Å². The summed E-state index contributed by atoms with van der Waals surface area (Å²) in [6.45, 7) is 0.161. The van der Waals surface area contributed by atoms with E-state index in [1.54, 1.807) is 13.1 Å². The standard InChI is InChI=1S/C15H20FNO3/c1-17(11-15(19)7-2-3-8-15)14(18)10-20-13-6-4-5-12(16)9-13/h4-6,9,19H,2-3,7-8,10-11H2,1H3. The highest BCUT2D eigenvalue weighted by Gasteiger charge is 2.33. The third kappa shape index (κ3) is 3.93. The summed E-state index contributed by atoms with van der Waals surface area (Å²) in [5.41, 5.74) is -0.761. The number of ether oxygens (including phenoxy) is 1. The van der Waals surface area contributed by atoms with Gasteiger partial charge in [0, 0.05) is 19.7 Å². The van der Waals surface area contributed by atoms with Gasteiger partial charge in [-0.15, -0.1) is 0 Å². The summed E-state index contributed by atoms with van der Waals surface area (Å²) in [5, 5.41) is 10.2. The van der Waals surface area contributed by atoms with E-state index in [1.807, 2.05) is 0 Å². The third-order valence-electron chi connectivity index (χ3n) is 3.65. The Labute approximate surface area is 118 Å². The molecule has 1 aliphatic rings. The van der Waals surface area contributed by atoms with Gasteiger partial charge in [-0.1, -0.05) is 18.9 Å². The van der Waals surface area contributed by atoms with E-state index in [0.717, 1.165) is 25.7 Å². The number of amides is 1. The molecule has 0 aliphatic heterocycles. The molecule has 1 N–H and O–H groups in total. The maximum Gasteiger partial charge on any atom is 0.260 e. The lowest BCUT2D eigenvalue weighted by atomic mass is 10.0. The molecule has 0 spiro atoms. The Bertz CT molecular complexity index is 472. The van der Waals surface area contributed by atoms with E-state index in [1.165, 1.54) is 23.1 Å². The van der Waals surface area contributed by atoms with Crippen LogP contribution in [0.3, 0.4) is 0 Å². The fraction of sp³-hybridized carbons (Fsp3) is 0.533. The Morgan fingerprint density at radius 1 is 1.45 bits per heavy atom. The lowest BCUT2D eigenvalue weighted by Gasteiger charge is -2.28. The van der Waals surface area contributed by atoms with Crippen molar-refractivity contribution >= 4 is 5.91 Å². The maximum atomic E-state index is 13.0. The second kappa shape index (κ2) is 6.22. The maximum absolute atomic E-state index is 13.0. The summed E-state index contributed by atoms with van der Waals surface area (Å²) in [6.07, 6.45) is 3.46. The van der Waals surface area contributed by atoms with Crippen LogP contribution in [-0.2, 0) is 4.79 Å². The van der Waals surface area contributed by atoms with Gasteiger partial charge in [0.15, 0.2) is 6.61 Å². The van der Waals surface area contributed by atoms with Crippen molar-refractivity contribution in [2.75, 3.05) is 20.2 Å². The van der Waals surface area contributed by atoms with Gasteiger partial charge in [0.05, 0.1) is 5.60 Å². The fourth-order valence-electron chi connectivity index (χ4n) is 2.53. The Kier molecular flexibility index (Phi) is 4.60. The minimum Gasteiger partial charge on any atom is -0.484 e. The molecule has 0 atom stereocenters. The fourth-order valence-corrected chi connectivity index (χ4v) is 2.53. The molecule has 0 heterocycles. The van der Waals surface area contributed by atoms with E-state index in [-0.39, 0.29) is 12.5 Å². The average molecular weight is 281 g/mol. The van der Waals surface area contributed by atoms with Crippen LogP contribution in [0.1, 0.15) is 25.7 Å². The summed E-state index contributed by atoms with van der Waals surface area (Å²) < 4.78 is 18.2. The minimum absolute atomic E-state index is 0.157. The summed E-state index contributed by atoms with van der Waals surface area (Å²) in [6, 6.07) is 5.68. The van der Waals surface area contributed by atoms with E-state index >= 15 is 0 Å². The predicted molar refractivity (Wildman–Crippen MR) is 72.9 cm³/mol. The molecule has 110 valence electrons. The number of aliphatic hydroxyl groups is 1. The minimum atomic E-state index is -0.761. The van der Waals surface area contributed by atoms with Crippen LogP contribution >= 0.6 is 0 Å². The summed E-state index contributed by atoms with van der Waals surface area (Å²) in [7, 11) is 1.65. The van der Waals surface area contributed by atoms with Gasteiger partial charge in [0.25, 0.3) is 5.91 Å². The van der Waals surface area contributed by atoms with Crippen LogP contribution in [0, 0.1) is 5.82 Å². The highest BCUT2D eigenvalue weighted by molar-refractivity contribution is 5.77. The van der Waals surface area contributed by atoms with Crippen molar-refractivity contribution in [1.29, 1.82) is 0 Å². The molecular weight excluding hydrogens is 261 g/mol. The Hall–Kier alpha value is -1.62. The van der Waals surface area contributed by atoms with Gasteiger partial charge in [-0.2, -0.15) is 0 Å². The predicted octanol–water partition coefficient (Wildman–Crippen LogP) is 1.97. The van der Waals surface area contributed by atoms with Gasteiger partial charge in [-0.25, -0.2) is 4.39 Å². The molecule has 1 aromatic rings. The SMILES string of the molecule is CN(CC1(O)CCCC1)C(=O)COc1cccc(F)c1. The molecule has 2 rings (SSSR count). The number of nitrogens with zero attached hydrogens (tertiary/aromatic N) is 1. The lowest BCUT2D eigenvalue weighted by molar-refractivity contribution is -0.135. The smallest absolute Gasteiger partial charge is 0.260 e. The first-order valence-corrected chi connectivity index (χ1v) is 6.83. The monoisotopic (exact) mass is 281 g/mol. The van der Waals surface area contributed by atoms with Crippen molar-refractivity contribution in [2.45, 2.75) is 31.3 Å². The Balaban J connectivity index is 1.82. The molecule has 0 unspecified atom stereocenters. The number of rotatable bonds is 5. The number of halogens is 1. The van der Waals surface area contributed by atoms with Crippen LogP contribution in [-0.4, -0.2) is 41.7 Å². The first-order chi connectivity index (χ1) is 9.48. The molecule has 1 fully saturated rings. The molecule has 1 aliphatic carbocycles. The summed E-state index contributed by atoms with van der Waals surface area (Å²) >= 11 is 0. The highest BCUT2D eigenvalue weighted by atomic mass is 19.1. The van der Waals surface area contributed by atoms with E-state index in [4.69, 9.17) is 4.74 Å². The second-order valence-corrected chi connectivity index (χ2v) is 5.43. The van der Waals surface area contributed by atoms with Crippen LogP contribution in [0.5, 0.6) is 5.75 Å². The first-order valence-electron chi connectivity index (χ1n) is 6.83. The number of benzene rings is 1. The van der Waals surface area contributed by atoms with Gasteiger partial charge in [0.2, 0.25) is 0 Å². The second-order valence-electron chi connectivity index (χ2n) is 5.43. The van der Waals surface area contributed by atoms with Crippen LogP contribution in [0.25, 0.3) is 0 Å². The van der Waals surface area contributed by atoms with Crippen molar-refractivity contribution < 1.29 is 19.0 Å². The Morgan fingerprint density at radius 3 is 2.80 bits per heavy atom. The van der Waals surface area contributed by atoms with Gasteiger partial charge >= 0.3 is 0 Å². The molecule has 20 heavy (non-hydrogen) atoms. The van der Waals surface area contributed by atoms with Crippen molar-refractivity contribution in [3.05, 3.63) is 30.1 Å². The van der Waals surface area contributed by atoms with Crippen LogP contribution < -0.4 is 4.74 Å². The lowest BCUT2D eigenvalue weighted by Crippen LogP contribution is -2.43. The molecule has 0 bridgehead atoms. The topological polar surface area (TPSA) is 49.8 Å². The first kappa shape index (κ1) is 14.8. The highest BCUT2D eigenvalue weighted by Crippen LogP contribution is 2.29. The molecule has 1 amide bonds. The number of hydrogen-bond acceptors (Lipinski definition) is 3. The largest absolute Gasteiger partial charge is 0.484 e. The molecule has 0 aromatic heterocycles. The summed E-state index contributed by atoms with van der Waals surface area (Å²) in [4.78, 5) is 13.4. The molecule has 0 radical (unpaired) electrons. The van der Waals surface area contributed by atoms with Crippen LogP contribution in [0.4, 0.5) is 4.39 Å². The van der Waals surface area contributed by atoms with Gasteiger partial charge in [0.1, 0.15) is 11.6 Å². The number of carbonyl (C=O) groups is 1. The van der Waals surface area contributed by atoms with Crippen molar-refractivity contribution in [3.8, 4) is 5.75 Å². The van der Waals surface area contributed by atoms with Crippen LogP contribution in [0.2, 0.25) is 0 Å².